The first-order valence-corrected chi connectivity index (χ1v) is 4.60. The van der Waals surface area contributed by atoms with Crippen LogP contribution in [0.1, 0.15) is 19.8 Å². The van der Waals surface area contributed by atoms with Gasteiger partial charge in [-0.1, -0.05) is 6.92 Å². The van der Waals surface area contributed by atoms with Gasteiger partial charge in [0.1, 0.15) is 5.78 Å². The van der Waals surface area contributed by atoms with Crippen molar-refractivity contribution in [2.45, 2.75) is 19.8 Å². The van der Waals surface area contributed by atoms with Crippen molar-refractivity contribution >= 4 is 17.5 Å². The van der Waals surface area contributed by atoms with Gasteiger partial charge in [0.2, 0.25) is 0 Å². The van der Waals surface area contributed by atoms with Crippen LogP contribution in [0.3, 0.4) is 0 Å². The van der Waals surface area contributed by atoms with E-state index in [4.69, 9.17) is 0 Å². The lowest BCUT2D eigenvalue weighted by Gasteiger charge is -2.17. The molecular weight excluding hydrogens is 132 g/mol. The Balaban J connectivity index is 2.39. The fraction of sp³-hybridized carbons (Fsp3) is 0.857. The summed E-state index contributed by atoms with van der Waals surface area (Å²) >= 11 is 1.91. The lowest BCUT2D eigenvalue weighted by atomic mass is 10.0. The Morgan fingerprint density at radius 1 is 1.78 bits per heavy atom. The second-order valence-corrected chi connectivity index (χ2v) is 3.55. The molecular formula is C7H12OS. The average Bonchev–Trinajstić information content (AvgIpc) is 1.89. The van der Waals surface area contributed by atoms with Gasteiger partial charge in [0, 0.05) is 23.8 Å². The van der Waals surface area contributed by atoms with Crippen LogP contribution >= 0.6 is 11.8 Å². The van der Waals surface area contributed by atoms with E-state index in [-0.39, 0.29) is 0 Å². The first-order valence-electron chi connectivity index (χ1n) is 3.45. The van der Waals surface area contributed by atoms with Crippen molar-refractivity contribution in [1.82, 2.24) is 0 Å². The van der Waals surface area contributed by atoms with Crippen molar-refractivity contribution in [1.29, 1.82) is 0 Å². The SMILES string of the molecule is CC[C@@H]1CSCCC1=O. The molecule has 1 aliphatic heterocycles. The summed E-state index contributed by atoms with van der Waals surface area (Å²) in [6, 6.07) is 0. The van der Waals surface area contributed by atoms with E-state index in [1.807, 2.05) is 11.8 Å². The molecule has 9 heavy (non-hydrogen) atoms. The third-order valence-corrected chi connectivity index (χ3v) is 2.89. The number of hydrogen-bond donors (Lipinski definition) is 0. The molecule has 1 aliphatic rings. The predicted octanol–water partition coefficient (Wildman–Crippen LogP) is 1.72. The fourth-order valence-electron chi connectivity index (χ4n) is 1.04. The molecule has 1 rings (SSSR count). The number of Topliss-reactive ketones (excluding diaryl/α,β-unsaturated/α-hetero) is 1. The molecule has 1 nitrogen and oxygen atoms in total. The summed E-state index contributed by atoms with van der Waals surface area (Å²) in [5, 5.41) is 0. The third-order valence-electron chi connectivity index (χ3n) is 1.76. The Hall–Kier alpha value is 0.0200. The molecule has 0 bridgehead atoms. The minimum absolute atomic E-state index is 0.378. The number of carbonyl (C=O) groups excluding carboxylic acids is 1. The highest BCUT2D eigenvalue weighted by Gasteiger charge is 2.19. The molecule has 0 aliphatic carbocycles. The average molecular weight is 144 g/mol. The highest BCUT2D eigenvalue weighted by Crippen LogP contribution is 2.21. The summed E-state index contributed by atoms with van der Waals surface area (Å²) in [7, 11) is 0. The second-order valence-electron chi connectivity index (χ2n) is 2.40. The highest BCUT2D eigenvalue weighted by molar-refractivity contribution is 7.99. The van der Waals surface area contributed by atoms with Gasteiger partial charge < -0.3 is 0 Å². The number of rotatable bonds is 1. The van der Waals surface area contributed by atoms with E-state index >= 15 is 0 Å². The van der Waals surface area contributed by atoms with Crippen LogP contribution in [-0.4, -0.2) is 17.3 Å². The first kappa shape index (κ1) is 7.13. The zero-order chi connectivity index (χ0) is 6.69. The Kier molecular flexibility index (Phi) is 2.58. The van der Waals surface area contributed by atoms with Crippen molar-refractivity contribution in [3.8, 4) is 0 Å². The summed E-state index contributed by atoms with van der Waals surface area (Å²) in [4.78, 5) is 11.0. The Morgan fingerprint density at radius 3 is 3.00 bits per heavy atom. The molecule has 52 valence electrons. The summed E-state index contributed by atoms with van der Waals surface area (Å²) in [6.45, 7) is 2.09. The molecule has 0 aromatic heterocycles. The molecule has 0 aromatic carbocycles. The summed E-state index contributed by atoms with van der Waals surface area (Å²) in [5.74, 6) is 2.98. The minimum Gasteiger partial charge on any atom is -0.299 e. The maximum Gasteiger partial charge on any atom is 0.137 e. The lowest BCUT2D eigenvalue weighted by Crippen LogP contribution is -2.21. The Labute approximate surface area is 60.2 Å². The van der Waals surface area contributed by atoms with Gasteiger partial charge in [-0.3, -0.25) is 4.79 Å². The van der Waals surface area contributed by atoms with E-state index in [9.17, 15) is 4.79 Å². The molecule has 1 atom stereocenters. The molecule has 0 amide bonds. The molecule has 0 radical (unpaired) electrons. The normalized spacial score (nSPS) is 28.6. The monoisotopic (exact) mass is 144 g/mol. The van der Waals surface area contributed by atoms with Crippen molar-refractivity contribution in [3.63, 3.8) is 0 Å². The van der Waals surface area contributed by atoms with Gasteiger partial charge in [-0.15, -0.1) is 0 Å². The van der Waals surface area contributed by atoms with Gasteiger partial charge in [-0.05, 0) is 6.42 Å². The van der Waals surface area contributed by atoms with Crippen molar-refractivity contribution in [2.24, 2.45) is 5.92 Å². The van der Waals surface area contributed by atoms with Crippen LogP contribution in [0.4, 0.5) is 0 Å². The molecule has 1 saturated heterocycles. The zero-order valence-electron chi connectivity index (χ0n) is 5.72. The maximum absolute atomic E-state index is 11.0. The predicted molar refractivity (Wildman–Crippen MR) is 40.7 cm³/mol. The topological polar surface area (TPSA) is 17.1 Å². The Morgan fingerprint density at radius 2 is 2.56 bits per heavy atom. The van der Waals surface area contributed by atoms with Gasteiger partial charge in [0.05, 0.1) is 0 Å². The first-order chi connectivity index (χ1) is 4.34. The van der Waals surface area contributed by atoms with Gasteiger partial charge in [0.15, 0.2) is 0 Å². The van der Waals surface area contributed by atoms with Crippen LogP contribution < -0.4 is 0 Å². The molecule has 0 unspecified atom stereocenters. The van der Waals surface area contributed by atoms with Crippen molar-refractivity contribution in [3.05, 3.63) is 0 Å². The second kappa shape index (κ2) is 3.25. The minimum atomic E-state index is 0.378. The smallest absolute Gasteiger partial charge is 0.137 e. The van der Waals surface area contributed by atoms with E-state index in [0.717, 1.165) is 24.3 Å². The van der Waals surface area contributed by atoms with Crippen LogP contribution in [0.25, 0.3) is 0 Å². The van der Waals surface area contributed by atoms with Gasteiger partial charge in [-0.2, -0.15) is 11.8 Å². The van der Waals surface area contributed by atoms with E-state index in [0.29, 0.717) is 11.7 Å². The molecule has 0 N–H and O–H groups in total. The lowest BCUT2D eigenvalue weighted by molar-refractivity contribution is -0.122. The molecule has 0 spiro atoms. The summed E-state index contributed by atoms with van der Waals surface area (Å²) in [6.07, 6.45) is 1.84. The van der Waals surface area contributed by atoms with Gasteiger partial charge >= 0.3 is 0 Å². The summed E-state index contributed by atoms with van der Waals surface area (Å²) in [5.41, 5.74) is 0. The molecule has 1 fully saturated rings. The highest BCUT2D eigenvalue weighted by atomic mass is 32.2. The van der Waals surface area contributed by atoms with Gasteiger partial charge in [0.25, 0.3) is 0 Å². The number of thioether (sulfide) groups is 1. The zero-order valence-corrected chi connectivity index (χ0v) is 6.54. The molecule has 0 aromatic rings. The third kappa shape index (κ3) is 1.71. The van der Waals surface area contributed by atoms with E-state index in [1.54, 1.807) is 0 Å². The number of ketones is 1. The number of carbonyl (C=O) groups is 1. The van der Waals surface area contributed by atoms with Crippen LogP contribution in [0.2, 0.25) is 0 Å². The van der Waals surface area contributed by atoms with Crippen LogP contribution in [0, 0.1) is 5.92 Å². The largest absolute Gasteiger partial charge is 0.299 e. The van der Waals surface area contributed by atoms with E-state index in [1.165, 1.54) is 0 Å². The van der Waals surface area contributed by atoms with Crippen LogP contribution in [0.15, 0.2) is 0 Å². The number of hydrogen-bond acceptors (Lipinski definition) is 2. The standard InChI is InChI=1S/C7H12OS/c1-2-6-5-9-4-3-7(6)8/h6H,2-5H2,1H3/t6-/m1/s1. The van der Waals surface area contributed by atoms with Crippen molar-refractivity contribution in [2.75, 3.05) is 11.5 Å². The molecule has 1 heterocycles. The van der Waals surface area contributed by atoms with E-state index in [2.05, 4.69) is 6.92 Å². The maximum atomic E-state index is 11.0. The fourth-order valence-corrected chi connectivity index (χ4v) is 2.26. The van der Waals surface area contributed by atoms with Crippen molar-refractivity contribution < 1.29 is 4.79 Å². The summed E-state index contributed by atoms with van der Waals surface area (Å²) < 4.78 is 0. The van der Waals surface area contributed by atoms with Crippen LogP contribution in [-0.2, 0) is 4.79 Å². The van der Waals surface area contributed by atoms with Crippen LogP contribution in [0.5, 0.6) is 0 Å². The molecule has 0 saturated carbocycles. The van der Waals surface area contributed by atoms with E-state index < -0.39 is 0 Å². The molecule has 2 heteroatoms. The van der Waals surface area contributed by atoms with Gasteiger partial charge in [-0.25, -0.2) is 0 Å². The Bertz CT molecular complexity index is 111. The quantitative estimate of drug-likeness (QED) is 0.557.